The van der Waals surface area contributed by atoms with Crippen molar-refractivity contribution in [1.29, 1.82) is 0 Å². The number of hydrogen-bond acceptors (Lipinski definition) is 3. The second-order valence-corrected chi connectivity index (χ2v) is 3.52. The molecule has 2 N–H and O–H groups in total. The van der Waals surface area contributed by atoms with Crippen molar-refractivity contribution in [3.05, 3.63) is 12.7 Å². The second kappa shape index (κ2) is 8.76. The van der Waals surface area contributed by atoms with E-state index in [1.54, 1.807) is 0 Å². The van der Waals surface area contributed by atoms with Crippen LogP contribution in [0.15, 0.2) is 12.7 Å². The summed E-state index contributed by atoms with van der Waals surface area (Å²) in [6.07, 6.45) is 2.11. The number of esters is 1. The summed E-state index contributed by atoms with van der Waals surface area (Å²) in [6, 6.07) is -0.241. The van der Waals surface area contributed by atoms with Gasteiger partial charge in [0.25, 0.3) is 0 Å². The smallest absolute Gasteiger partial charge is 0.330 e. The van der Waals surface area contributed by atoms with Gasteiger partial charge in [0, 0.05) is 12.6 Å². The van der Waals surface area contributed by atoms with Crippen LogP contribution in [0.25, 0.3) is 0 Å². The molecule has 16 heavy (non-hydrogen) atoms. The minimum Gasteiger partial charge on any atom is -0.461 e. The van der Waals surface area contributed by atoms with Gasteiger partial charge in [-0.3, -0.25) is 0 Å². The molecule has 5 heteroatoms. The van der Waals surface area contributed by atoms with Crippen LogP contribution in [0.3, 0.4) is 0 Å². The van der Waals surface area contributed by atoms with Crippen molar-refractivity contribution in [2.24, 2.45) is 5.92 Å². The molecule has 1 atom stereocenters. The Labute approximate surface area is 96.2 Å². The van der Waals surface area contributed by atoms with Gasteiger partial charge in [0.15, 0.2) is 0 Å². The molecule has 0 fully saturated rings. The molecule has 0 rings (SSSR count). The van der Waals surface area contributed by atoms with E-state index in [4.69, 9.17) is 0 Å². The average Bonchev–Trinajstić information content (AvgIpc) is 2.31. The molecular weight excluding hydrogens is 208 g/mol. The van der Waals surface area contributed by atoms with E-state index in [2.05, 4.69) is 35.8 Å². The summed E-state index contributed by atoms with van der Waals surface area (Å²) in [5, 5.41) is 5.30. The minimum atomic E-state index is -0.484. The molecule has 0 saturated carbocycles. The van der Waals surface area contributed by atoms with Crippen LogP contribution in [0.2, 0.25) is 0 Å². The molecule has 1 unspecified atom stereocenters. The highest BCUT2D eigenvalue weighted by molar-refractivity contribution is 5.81. The predicted octanol–water partition coefficient (Wildman–Crippen LogP) is 1.06. The van der Waals surface area contributed by atoms with Crippen molar-refractivity contribution in [3.63, 3.8) is 0 Å². The Hall–Kier alpha value is -1.52. The maximum Gasteiger partial charge on any atom is 0.330 e. The molecule has 0 aromatic carbocycles. The summed E-state index contributed by atoms with van der Waals surface area (Å²) in [5.41, 5.74) is 0. The number of carbonyl (C=O) groups excluding carboxylic acids is 2. The number of ether oxygens (including phenoxy) is 1. The summed E-state index contributed by atoms with van der Waals surface area (Å²) in [6.45, 7) is 8.49. The van der Waals surface area contributed by atoms with Crippen molar-refractivity contribution in [2.75, 3.05) is 19.7 Å². The third-order valence-electron chi connectivity index (χ3n) is 2.11. The van der Waals surface area contributed by atoms with Crippen LogP contribution in [-0.4, -0.2) is 31.7 Å². The van der Waals surface area contributed by atoms with E-state index in [9.17, 15) is 9.59 Å². The first kappa shape index (κ1) is 14.5. The second-order valence-electron chi connectivity index (χ2n) is 3.52. The van der Waals surface area contributed by atoms with Crippen LogP contribution in [-0.2, 0) is 9.53 Å². The number of nitrogens with one attached hydrogen (secondary N) is 2. The molecule has 0 saturated heterocycles. The zero-order valence-electron chi connectivity index (χ0n) is 9.91. The molecule has 0 radical (unpaired) electrons. The van der Waals surface area contributed by atoms with Gasteiger partial charge in [-0.1, -0.05) is 26.8 Å². The number of carbonyl (C=O) groups is 2. The summed E-state index contributed by atoms with van der Waals surface area (Å²) in [5.74, 6) is -0.0221. The highest BCUT2D eigenvalue weighted by Gasteiger charge is 2.03. The van der Waals surface area contributed by atoms with E-state index in [-0.39, 0.29) is 12.6 Å². The molecule has 0 bridgehead atoms. The fourth-order valence-electron chi connectivity index (χ4n) is 0.849. The molecule has 0 aliphatic rings. The van der Waals surface area contributed by atoms with Crippen molar-refractivity contribution >= 4 is 12.0 Å². The fraction of sp³-hybridized carbons (Fsp3) is 0.636. The van der Waals surface area contributed by atoms with Crippen LogP contribution in [0, 0.1) is 5.92 Å². The standard InChI is InChI=1S/C11H20N2O3/c1-4-9(3)8-13-11(15)12-6-7-16-10(14)5-2/h5,9H,2,4,6-8H2,1,3H3,(H2,12,13,15). The van der Waals surface area contributed by atoms with E-state index in [1.807, 2.05) is 0 Å². The van der Waals surface area contributed by atoms with E-state index >= 15 is 0 Å². The fourth-order valence-corrected chi connectivity index (χ4v) is 0.849. The Kier molecular flexibility index (Phi) is 7.93. The van der Waals surface area contributed by atoms with Crippen molar-refractivity contribution in [2.45, 2.75) is 20.3 Å². The molecule has 2 amide bonds. The highest BCUT2D eigenvalue weighted by Crippen LogP contribution is 1.96. The van der Waals surface area contributed by atoms with Crippen LogP contribution >= 0.6 is 0 Å². The number of hydrogen-bond donors (Lipinski definition) is 2. The first-order chi connectivity index (χ1) is 7.60. The lowest BCUT2D eigenvalue weighted by atomic mass is 10.1. The quantitative estimate of drug-likeness (QED) is 0.389. The molecule has 0 spiro atoms. The third-order valence-corrected chi connectivity index (χ3v) is 2.11. The Morgan fingerprint density at radius 3 is 2.69 bits per heavy atom. The van der Waals surface area contributed by atoms with Gasteiger partial charge < -0.3 is 15.4 Å². The van der Waals surface area contributed by atoms with E-state index in [0.717, 1.165) is 12.5 Å². The average molecular weight is 228 g/mol. The molecule has 0 aromatic heterocycles. The maximum atomic E-state index is 11.2. The molecule has 0 aliphatic heterocycles. The van der Waals surface area contributed by atoms with Gasteiger partial charge in [-0.05, 0) is 5.92 Å². The van der Waals surface area contributed by atoms with Crippen LogP contribution in [0.4, 0.5) is 4.79 Å². The number of amides is 2. The van der Waals surface area contributed by atoms with Crippen molar-refractivity contribution in [1.82, 2.24) is 10.6 Å². The van der Waals surface area contributed by atoms with Gasteiger partial charge in [-0.15, -0.1) is 0 Å². The molecule has 0 aliphatic carbocycles. The van der Waals surface area contributed by atoms with Crippen LogP contribution < -0.4 is 10.6 Å². The largest absolute Gasteiger partial charge is 0.461 e. The monoisotopic (exact) mass is 228 g/mol. The molecule has 5 nitrogen and oxygen atoms in total. The topological polar surface area (TPSA) is 67.4 Å². The van der Waals surface area contributed by atoms with Gasteiger partial charge in [0.05, 0.1) is 6.54 Å². The zero-order valence-corrected chi connectivity index (χ0v) is 9.91. The van der Waals surface area contributed by atoms with Gasteiger partial charge in [-0.2, -0.15) is 0 Å². The van der Waals surface area contributed by atoms with Gasteiger partial charge in [0.1, 0.15) is 6.61 Å². The Morgan fingerprint density at radius 2 is 2.12 bits per heavy atom. The third kappa shape index (κ3) is 7.84. The Balaban J connectivity index is 3.44. The first-order valence-corrected chi connectivity index (χ1v) is 5.41. The lowest BCUT2D eigenvalue weighted by molar-refractivity contribution is -0.137. The normalized spacial score (nSPS) is 11.4. The van der Waals surface area contributed by atoms with E-state index in [1.165, 1.54) is 0 Å². The predicted molar refractivity (Wildman–Crippen MR) is 62.0 cm³/mol. The molecule has 0 heterocycles. The minimum absolute atomic E-state index is 0.154. The number of urea groups is 1. The summed E-state index contributed by atoms with van der Waals surface area (Å²) < 4.78 is 4.69. The van der Waals surface area contributed by atoms with Crippen molar-refractivity contribution < 1.29 is 14.3 Å². The van der Waals surface area contributed by atoms with Crippen LogP contribution in [0.5, 0.6) is 0 Å². The molecule has 0 aromatic rings. The van der Waals surface area contributed by atoms with Crippen LogP contribution in [0.1, 0.15) is 20.3 Å². The van der Waals surface area contributed by atoms with E-state index < -0.39 is 5.97 Å². The lowest BCUT2D eigenvalue weighted by Gasteiger charge is -2.11. The maximum absolute atomic E-state index is 11.2. The van der Waals surface area contributed by atoms with Gasteiger partial charge in [0.2, 0.25) is 0 Å². The van der Waals surface area contributed by atoms with E-state index in [0.29, 0.717) is 19.0 Å². The molecule has 92 valence electrons. The summed E-state index contributed by atoms with van der Waals surface area (Å²) in [7, 11) is 0. The highest BCUT2D eigenvalue weighted by atomic mass is 16.5. The summed E-state index contributed by atoms with van der Waals surface area (Å²) >= 11 is 0. The number of rotatable bonds is 7. The lowest BCUT2D eigenvalue weighted by Crippen LogP contribution is -2.39. The van der Waals surface area contributed by atoms with Gasteiger partial charge >= 0.3 is 12.0 Å². The van der Waals surface area contributed by atoms with Gasteiger partial charge in [-0.25, -0.2) is 9.59 Å². The Morgan fingerprint density at radius 1 is 1.44 bits per heavy atom. The molecular formula is C11H20N2O3. The summed E-state index contributed by atoms with van der Waals surface area (Å²) in [4.78, 5) is 21.8. The zero-order chi connectivity index (χ0) is 12.4. The van der Waals surface area contributed by atoms with Crippen molar-refractivity contribution in [3.8, 4) is 0 Å². The Bertz CT molecular complexity index is 241. The first-order valence-electron chi connectivity index (χ1n) is 5.41. The SMILES string of the molecule is C=CC(=O)OCCNC(=O)NCC(C)CC.